The fourth-order valence-electron chi connectivity index (χ4n) is 1.53. The van der Waals surface area contributed by atoms with Gasteiger partial charge in [-0.05, 0) is 12.1 Å². The van der Waals surface area contributed by atoms with Crippen LogP contribution in [0.25, 0.3) is 0 Å². The number of ketones is 1. The van der Waals surface area contributed by atoms with E-state index in [2.05, 4.69) is 0 Å². The predicted octanol–water partition coefficient (Wildman–Crippen LogP) is 0.375. The van der Waals surface area contributed by atoms with Gasteiger partial charge in [0.1, 0.15) is 4.90 Å². The number of hydrogen-bond acceptors (Lipinski definition) is 6. The van der Waals surface area contributed by atoms with Crippen molar-refractivity contribution >= 4 is 21.6 Å². The molecule has 1 rings (SSSR count). The SMILES string of the molecule is COc1c(C(=O)C(=O)O)ccc(S(C)(=O)=O)c1OC. The number of Topliss-reactive ketones (excluding diaryl/α,β-unsaturated/α-hetero) is 1. The Morgan fingerprint density at radius 2 is 1.63 bits per heavy atom. The fourth-order valence-corrected chi connectivity index (χ4v) is 2.35. The molecule has 19 heavy (non-hydrogen) atoms. The van der Waals surface area contributed by atoms with Gasteiger partial charge in [0.15, 0.2) is 21.3 Å². The van der Waals surface area contributed by atoms with Gasteiger partial charge < -0.3 is 14.6 Å². The maximum atomic E-state index is 11.6. The molecule has 0 amide bonds. The minimum atomic E-state index is -3.60. The lowest BCUT2D eigenvalue weighted by Gasteiger charge is -2.14. The molecule has 0 saturated heterocycles. The third kappa shape index (κ3) is 2.84. The quantitative estimate of drug-likeness (QED) is 0.616. The molecule has 0 spiro atoms. The summed E-state index contributed by atoms with van der Waals surface area (Å²) in [6.45, 7) is 0. The van der Waals surface area contributed by atoms with E-state index in [9.17, 15) is 18.0 Å². The molecule has 7 nitrogen and oxygen atoms in total. The van der Waals surface area contributed by atoms with Gasteiger partial charge >= 0.3 is 5.97 Å². The Bertz CT molecular complexity index is 631. The first-order valence-corrected chi connectivity index (χ1v) is 6.85. The van der Waals surface area contributed by atoms with Gasteiger partial charge in [0, 0.05) is 6.26 Å². The lowest BCUT2D eigenvalue weighted by atomic mass is 10.1. The second-order valence-corrected chi connectivity index (χ2v) is 5.57. The molecule has 1 N–H and O–H groups in total. The van der Waals surface area contributed by atoms with Crippen LogP contribution in [-0.4, -0.2) is 45.8 Å². The molecule has 0 heterocycles. The summed E-state index contributed by atoms with van der Waals surface area (Å²) in [5, 5.41) is 8.68. The first-order chi connectivity index (χ1) is 8.73. The molecule has 0 aliphatic carbocycles. The average Bonchev–Trinajstić information content (AvgIpc) is 2.34. The topological polar surface area (TPSA) is 107 Å². The van der Waals surface area contributed by atoms with Crippen molar-refractivity contribution in [3.8, 4) is 11.5 Å². The van der Waals surface area contributed by atoms with Crippen LogP contribution in [0.15, 0.2) is 17.0 Å². The molecule has 0 radical (unpaired) electrons. The van der Waals surface area contributed by atoms with Crippen LogP contribution in [0, 0.1) is 0 Å². The monoisotopic (exact) mass is 288 g/mol. The Morgan fingerprint density at radius 1 is 1.11 bits per heavy atom. The second-order valence-electron chi connectivity index (χ2n) is 3.58. The van der Waals surface area contributed by atoms with Gasteiger partial charge in [-0.25, -0.2) is 13.2 Å². The van der Waals surface area contributed by atoms with Crippen LogP contribution in [0.1, 0.15) is 10.4 Å². The van der Waals surface area contributed by atoms with Gasteiger partial charge in [-0.15, -0.1) is 0 Å². The maximum Gasteiger partial charge on any atom is 0.377 e. The number of carbonyl (C=O) groups is 2. The highest BCUT2D eigenvalue weighted by atomic mass is 32.2. The lowest BCUT2D eigenvalue weighted by molar-refractivity contribution is -0.131. The lowest BCUT2D eigenvalue weighted by Crippen LogP contribution is -2.15. The summed E-state index contributed by atoms with van der Waals surface area (Å²) in [5.41, 5.74) is -0.278. The zero-order valence-corrected chi connectivity index (χ0v) is 11.3. The number of rotatable bonds is 5. The largest absolute Gasteiger partial charge is 0.492 e. The Morgan fingerprint density at radius 3 is 2.00 bits per heavy atom. The molecule has 0 bridgehead atoms. The summed E-state index contributed by atoms with van der Waals surface area (Å²) >= 11 is 0. The number of carboxylic acids is 1. The molecule has 0 saturated carbocycles. The van der Waals surface area contributed by atoms with Crippen molar-refractivity contribution in [3.63, 3.8) is 0 Å². The maximum absolute atomic E-state index is 11.6. The van der Waals surface area contributed by atoms with E-state index in [0.29, 0.717) is 0 Å². The summed E-state index contributed by atoms with van der Waals surface area (Å²) < 4.78 is 32.9. The van der Waals surface area contributed by atoms with Crippen LogP contribution in [0.3, 0.4) is 0 Å². The molecule has 0 atom stereocenters. The summed E-state index contributed by atoms with van der Waals surface area (Å²) in [5.74, 6) is -3.31. The molecule has 8 heteroatoms. The molecule has 0 aliphatic rings. The predicted molar refractivity (Wildman–Crippen MR) is 64.6 cm³/mol. The Labute approximate surface area is 109 Å². The number of hydrogen-bond donors (Lipinski definition) is 1. The average molecular weight is 288 g/mol. The Balaban J connectivity index is 3.66. The van der Waals surface area contributed by atoms with Crippen molar-refractivity contribution in [1.82, 2.24) is 0 Å². The first-order valence-electron chi connectivity index (χ1n) is 4.96. The van der Waals surface area contributed by atoms with Crippen LogP contribution in [0.4, 0.5) is 0 Å². The zero-order chi connectivity index (χ0) is 14.8. The summed E-state index contributed by atoms with van der Waals surface area (Å²) in [6.07, 6.45) is 0.961. The molecule has 1 aromatic rings. The van der Waals surface area contributed by atoms with Crippen molar-refractivity contribution in [3.05, 3.63) is 17.7 Å². The normalized spacial score (nSPS) is 10.9. The van der Waals surface area contributed by atoms with Gasteiger partial charge in [-0.1, -0.05) is 0 Å². The fraction of sp³-hybridized carbons (Fsp3) is 0.273. The molecule has 1 aromatic carbocycles. The number of methoxy groups -OCH3 is 2. The standard InChI is InChI=1S/C11H12O7S/c1-17-9-6(8(12)11(13)14)4-5-7(10(9)18-2)19(3,15)16/h4-5H,1-3H3,(H,13,14). The zero-order valence-electron chi connectivity index (χ0n) is 10.5. The van der Waals surface area contributed by atoms with Crippen molar-refractivity contribution in [1.29, 1.82) is 0 Å². The highest BCUT2D eigenvalue weighted by Gasteiger charge is 2.27. The van der Waals surface area contributed by atoms with Gasteiger partial charge in [-0.2, -0.15) is 0 Å². The van der Waals surface area contributed by atoms with E-state index < -0.39 is 21.6 Å². The smallest absolute Gasteiger partial charge is 0.377 e. The number of aliphatic carboxylic acids is 1. The van der Waals surface area contributed by atoms with Crippen LogP contribution >= 0.6 is 0 Å². The molecule has 104 valence electrons. The second kappa shape index (κ2) is 5.27. The van der Waals surface area contributed by atoms with E-state index in [1.807, 2.05) is 0 Å². The van der Waals surface area contributed by atoms with Gasteiger partial charge in [0.2, 0.25) is 0 Å². The van der Waals surface area contributed by atoms with E-state index in [4.69, 9.17) is 14.6 Å². The van der Waals surface area contributed by atoms with Crippen LogP contribution in [0.5, 0.6) is 11.5 Å². The van der Waals surface area contributed by atoms with Crippen molar-refractivity contribution < 1.29 is 32.6 Å². The number of benzene rings is 1. The van der Waals surface area contributed by atoms with E-state index >= 15 is 0 Å². The summed E-state index contributed by atoms with van der Waals surface area (Å²) in [6, 6.07) is 2.18. The Kier molecular flexibility index (Phi) is 4.15. The third-order valence-corrected chi connectivity index (χ3v) is 3.44. The van der Waals surface area contributed by atoms with E-state index in [1.165, 1.54) is 14.2 Å². The van der Waals surface area contributed by atoms with E-state index in [0.717, 1.165) is 18.4 Å². The van der Waals surface area contributed by atoms with Crippen molar-refractivity contribution in [2.75, 3.05) is 20.5 Å². The first kappa shape index (κ1) is 15.0. The molecular weight excluding hydrogens is 276 g/mol. The minimum Gasteiger partial charge on any atom is -0.492 e. The number of ether oxygens (including phenoxy) is 2. The van der Waals surface area contributed by atoms with E-state index in [1.54, 1.807) is 0 Å². The summed E-state index contributed by atoms with van der Waals surface area (Å²) in [4.78, 5) is 22.0. The molecule has 0 aromatic heterocycles. The highest BCUT2D eigenvalue weighted by Crippen LogP contribution is 2.37. The van der Waals surface area contributed by atoms with Crippen LogP contribution in [0.2, 0.25) is 0 Å². The third-order valence-electron chi connectivity index (χ3n) is 2.32. The number of sulfone groups is 1. The number of carboxylic acid groups (broad SMARTS) is 1. The minimum absolute atomic E-state index is 0.186. The van der Waals surface area contributed by atoms with Crippen LogP contribution in [-0.2, 0) is 14.6 Å². The van der Waals surface area contributed by atoms with E-state index in [-0.39, 0.29) is 22.0 Å². The summed E-state index contributed by atoms with van der Waals surface area (Å²) in [7, 11) is -1.23. The van der Waals surface area contributed by atoms with Gasteiger partial charge in [0.25, 0.3) is 5.78 Å². The van der Waals surface area contributed by atoms with Crippen LogP contribution < -0.4 is 9.47 Å². The van der Waals surface area contributed by atoms with Gasteiger partial charge in [-0.3, -0.25) is 4.79 Å². The van der Waals surface area contributed by atoms with Crippen molar-refractivity contribution in [2.45, 2.75) is 4.90 Å². The molecule has 0 aliphatic heterocycles. The molecule has 0 fully saturated rings. The van der Waals surface area contributed by atoms with Gasteiger partial charge in [0.05, 0.1) is 19.8 Å². The molecule has 0 unspecified atom stereocenters. The molecular formula is C11H12O7S. The number of carbonyl (C=O) groups excluding carboxylic acids is 1. The van der Waals surface area contributed by atoms with Crippen molar-refractivity contribution in [2.24, 2.45) is 0 Å². The Hall–Kier alpha value is -2.09. The highest BCUT2D eigenvalue weighted by molar-refractivity contribution is 7.90.